The number of hydrogen-bond donors (Lipinski definition) is 1. The zero-order valence-corrected chi connectivity index (χ0v) is 19.1. The molecule has 1 N–H and O–H groups in total. The van der Waals surface area contributed by atoms with Gasteiger partial charge in [0.1, 0.15) is 11.8 Å². The second-order valence-corrected chi connectivity index (χ2v) is 8.17. The van der Waals surface area contributed by atoms with Gasteiger partial charge in [0.25, 0.3) is 5.91 Å². The molecule has 0 aliphatic carbocycles. The fraction of sp³-hybridized carbons (Fsp3) is 0.417. The normalized spacial score (nSPS) is 11.8. The van der Waals surface area contributed by atoms with Crippen LogP contribution in [0.3, 0.4) is 0 Å². The van der Waals surface area contributed by atoms with Crippen molar-refractivity contribution in [2.24, 2.45) is 0 Å². The van der Waals surface area contributed by atoms with Crippen LogP contribution in [-0.4, -0.2) is 35.4 Å². The summed E-state index contributed by atoms with van der Waals surface area (Å²) < 4.78 is 5.83. The van der Waals surface area contributed by atoms with Crippen molar-refractivity contribution in [2.45, 2.75) is 59.7 Å². The molecule has 0 heterocycles. The molecular weight excluding hydrogens is 400 g/mol. The molecule has 0 aliphatic heterocycles. The number of halogens is 1. The molecule has 2 amide bonds. The highest BCUT2D eigenvalue weighted by atomic mass is 35.5. The van der Waals surface area contributed by atoms with Gasteiger partial charge in [-0.3, -0.25) is 9.59 Å². The Hall–Kier alpha value is -2.53. The van der Waals surface area contributed by atoms with E-state index in [0.717, 1.165) is 16.7 Å². The van der Waals surface area contributed by atoms with Gasteiger partial charge < -0.3 is 15.0 Å². The van der Waals surface area contributed by atoms with Crippen LogP contribution in [0.5, 0.6) is 5.75 Å². The third-order valence-electron chi connectivity index (χ3n) is 4.81. The Labute approximate surface area is 184 Å². The molecular formula is C24H31ClN2O3. The molecule has 0 aliphatic rings. The maximum absolute atomic E-state index is 13.2. The van der Waals surface area contributed by atoms with Crippen LogP contribution >= 0.6 is 11.6 Å². The number of carbonyl (C=O) groups excluding carboxylic acids is 2. The number of nitrogens with zero attached hydrogens (tertiary/aromatic N) is 1. The van der Waals surface area contributed by atoms with Gasteiger partial charge in [-0.15, -0.1) is 0 Å². The Morgan fingerprint density at radius 3 is 2.47 bits per heavy atom. The van der Waals surface area contributed by atoms with Crippen molar-refractivity contribution >= 4 is 23.4 Å². The number of carbonyl (C=O) groups is 2. The Balaban J connectivity index is 2.26. The zero-order chi connectivity index (χ0) is 22.3. The lowest BCUT2D eigenvalue weighted by atomic mass is 10.1. The predicted octanol–water partition coefficient (Wildman–Crippen LogP) is 4.67. The Morgan fingerprint density at radius 2 is 1.83 bits per heavy atom. The van der Waals surface area contributed by atoms with Crippen LogP contribution in [0.15, 0.2) is 42.5 Å². The van der Waals surface area contributed by atoms with Gasteiger partial charge in [-0.05, 0) is 62.9 Å². The average Bonchev–Trinajstić information content (AvgIpc) is 2.69. The molecule has 2 rings (SSSR count). The van der Waals surface area contributed by atoms with Gasteiger partial charge in [-0.1, -0.05) is 48.9 Å². The van der Waals surface area contributed by atoms with E-state index >= 15 is 0 Å². The van der Waals surface area contributed by atoms with E-state index in [2.05, 4.69) is 5.32 Å². The molecule has 30 heavy (non-hydrogen) atoms. The summed E-state index contributed by atoms with van der Waals surface area (Å²) in [5.74, 6) is 0.224. The first-order valence-corrected chi connectivity index (χ1v) is 10.6. The lowest BCUT2D eigenvalue weighted by Gasteiger charge is -2.31. The minimum atomic E-state index is -0.613. The van der Waals surface area contributed by atoms with Gasteiger partial charge in [0, 0.05) is 17.6 Å². The molecule has 0 saturated heterocycles. The fourth-order valence-corrected chi connectivity index (χ4v) is 3.39. The minimum Gasteiger partial charge on any atom is -0.483 e. The Bertz CT molecular complexity index is 883. The third kappa shape index (κ3) is 6.49. The van der Waals surface area contributed by atoms with Crippen LogP contribution in [0.4, 0.5) is 0 Å². The molecule has 0 fully saturated rings. The van der Waals surface area contributed by atoms with Crippen LogP contribution in [-0.2, 0) is 16.1 Å². The molecule has 0 radical (unpaired) electrons. The third-order valence-corrected chi connectivity index (χ3v) is 5.18. The number of hydrogen-bond acceptors (Lipinski definition) is 3. The molecule has 0 spiro atoms. The molecule has 2 aromatic carbocycles. The topological polar surface area (TPSA) is 58.6 Å². The summed E-state index contributed by atoms with van der Waals surface area (Å²) in [6, 6.07) is 12.6. The second kappa shape index (κ2) is 11.0. The van der Waals surface area contributed by atoms with Crippen molar-refractivity contribution in [2.75, 3.05) is 6.61 Å². The summed E-state index contributed by atoms with van der Waals surface area (Å²) in [6.07, 6.45) is 0.484. The van der Waals surface area contributed by atoms with Crippen molar-refractivity contribution < 1.29 is 14.3 Å². The van der Waals surface area contributed by atoms with Gasteiger partial charge >= 0.3 is 0 Å². The van der Waals surface area contributed by atoms with Gasteiger partial charge in [0.15, 0.2) is 6.61 Å². The Morgan fingerprint density at radius 1 is 1.13 bits per heavy atom. The van der Waals surface area contributed by atoms with E-state index in [1.807, 2.05) is 71.0 Å². The average molecular weight is 431 g/mol. The van der Waals surface area contributed by atoms with E-state index in [9.17, 15) is 9.59 Å². The van der Waals surface area contributed by atoms with Crippen LogP contribution < -0.4 is 10.1 Å². The number of nitrogens with one attached hydrogen (secondary N) is 1. The van der Waals surface area contributed by atoms with Gasteiger partial charge in [-0.25, -0.2) is 0 Å². The van der Waals surface area contributed by atoms with Gasteiger partial charge in [-0.2, -0.15) is 0 Å². The van der Waals surface area contributed by atoms with E-state index in [-0.39, 0.29) is 31.0 Å². The van der Waals surface area contributed by atoms with Crippen molar-refractivity contribution in [3.05, 3.63) is 64.2 Å². The zero-order valence-electron chi connectivity index (χ0n) is 18.4. The van der Waals surface area contributed by atoms with Crippen molar-refractivity contribution in [3.8, 4) is 5.75 Å². The number of rotatable bonds is 9. The maximum Gasteiger partial charge on any atom is 0.261 e. The quantitative estimate of drug-likeness (QED) is 0.629. The highest BCUT2D eigenvalue weighted by Crippen LogP contribution is 2.22. The SMILES string of the molecule is CCC(C(=O)NC(C)C)N(Cc1ccccc1Cl)C(=O)COc1cc(C)ccc1C. The van der Waals surface area contributed by atoms with Crippen molar-refractivity contribution in [1.29, 1.82) is 0 Å². The maximum atomic E-state index is 13.2. The fourth-order valence-electron chi connectivity index (χ4n) is 3.20. The summed E-state index contributed by atoms with van der Waals surface area (Å²) in [7, 11) is 0. The molecule has 1 atom stereocenters. The van der Waals surface area contributed by atoms with E-state index < -0.39 is 6.04 Å². The standard InChI is InChI=1S/C24H31ClN2O3/c1-6-21(24(29)26-16(2)3)27(14-19-9-7-8-10-20(19)25)23(28)15-30-22-13-17(4)11-12-18(22)5/h7-13,16,21H,6,14-15H2,1-5H3,(H,26,29). The summed E-state index contributed by atoms with van der Waals surface area (Å²) in [5, 5.41) is 3.47. The lowest BCUT2D eigenvalue weighted by Crippen LogP contribution is -2.51. The molecule has 0 aromatic heterocycles. The monoisotopic (exact) mass is 430 g/mol. The van der Waals surface area contributed by atoms with Crippen LogP contribution in [0, 0.1) is 13.8 Å². The van der Waals surface area contributed by atoms with Gasteiger partial charge in [0.05, 0.1) is 0 Å². The summed E-state index contributed by atoms with van der Waals surface area (Å²) in [5.41, 5.74) is 2.80. The first-order valence-electron chi connectivity index (χ1n) is 10.3. The molecule has 0 bridgehead atoms. The number of benzene rings is 2. The van der Waals surface area contributed by atoms with Gasteiger partial charge in [0.2, 0.25) is 5.91 Å². The lowest BCUT2D eigenvalue weighted by molar-refractivity contribution is -0.143. The Kier molecular flexibility index (Phi) is 8.72. The molecule has 6 heteroatoms. The van der Waals surface area contributed by atoms with Crippen molar-refractivity contribution in [1.82, 2.24) is 10.2 Å². The number of ether oxygens (including phenoxy) is 1. The van der Waals surface area contributed by atoms with E-state index in [4.69, 9.17) is 16.3 Å². The number of aryl methyl sites for hydroxylation is 2. The van der Waals surface area contributed by atoms with E-state index in [1.54, 1.807) is 11.0 Å². The van der Waals surface area contributed by atoms with Crippen LogP contribution in [0.25, 0.3) is 0 Å². The smallest absolute Gasteiger partial charge is 0.261 e. The van der Waals surface area contributed by atoms with Crippen LogP contribution in [0.1, 0.15) is 43.9 Å². The first-order chi connectivity index (χ1) is 14.2. The molecule has 0 saturated carbocycles. The molecule has 5 nitrogen and oxygen atoms in total. The number of amides is 2. The molecule has 2 aromatic rings. The summed E-state index contributed by atoms with van der Waals surface area (Å²) in [6.45, 7) is 9.68. The van der Waals surface area contributed by atoms with E-state index in [0.29, 0.717) is 17.2 Å². The largest absolute Gasteiger partial charge is 0.483 e. The van der Waals surface area contributed by atoms with Crippen molar-refractivity contribution in [3.63, 3.8) is 0 Å². The minimum absolute atomic E-state index is 0.0185. The van der Waals surface area contributed by atoms with E-state index in [1.165, 1.54) is 0 Å². The highest BCUT2D eigenvalue weighted by Gasteiger charge is 2.29. The summed E-state index contributed by atoms with van der Waals surface area (Å²) >= 11 is 6.33. The molecule has 162 valence electrons. The molecule has 1 unspecified atom stereocenters. The predicted molar refractivity (Wildman–Crippen MR) is 121 cm³/mol. The first kappa shape index (κ1) is 23.7. The summed E-state index contributed by atoms with van der Waals surface area (Å²) in [4.78, 5) is 27.6. The second-order valence-electron chi connectivity index (χ2n) is 7.76. The highest BCUT2D eigenvalue weighted by molar-refractivity contribution is 6.31. The van der Waals surface area contributed by atoms with Crippen LogP contribution in [0.2, 0.25) is 5.02 Å².